The first-order valence-corrected chi connectivity index (χ1v) is 3.53. The molecule has 0 saturated carbocycles. The van der Waals surface area contributed by atoms with Crippen LogP contribution in [-0.4, -0.2) is 5.97 Å². The summed E-state index contributed by atoms with van der Waals surface area (Å²) in [4.78, 5) is 10.3. The molecular formula is C7H3Cl2NaO2. The third-order valence-electron chi connectivity index (χ3n) is 1.16. The second kappa shape index (κ2) is 5.10. The molecule has 0 radical (unpaired) electrons. The van der Waals surface area contributed by atoms with Crippen molar-refractivity contribution < 1.29 is 39.5 Å². The Labute approximate surface area is 102 Å². The van der Waals surface area contributed by atoms with Gasteiger partial charge in [-0.05, 0) is 17.7 Å². The predicted molar refractivity (Wildman–Crippen MR) is 40.8 cm³/mol. The minimum absolute atomic E-state index is 0. The summed E-state index contributed by atoms with van der Waals surface area (Å²) in [6.45, 7) is 0. The van der Waals surface area contributed by atoms with Crippen molar-refractivity contribution in [1.82, 2.24) is 0 Å². The summed E-state index contributed by atoms with van der Waals surface area (Å²) in [6.07, 6.45) is 0. The SMILES string of the molecule is O=C([O-])c1ccc(Cl)c(Cl)c1.[Na+]. The predicted octanol–water partition coefficient (Wildman–Crippen LogP) is -1.64. The molecule has 0 aliphatic heterocycles. The van der Waals surface area contributed by atoms with Crippen molar-refractivity contribution in [2.45, 2.75) is 0 Å². The second-order valence-corrected chi connectivity index (χ2v) is 2.73. The second-order valence-electron chi connectivity index (χ2n) is 1.92. The first-order valence-electron chi connectivity index (χ1n) is 2.77. The fourth-order valence-corrected chi connectivity index (χ4v) is 0.921. The van der Waals surface area contributed by atoms with Gasteiger partial charge in [0.15, 0.2) is 0 Å². The van der Waals surface area contributed by atoms with Gasteiger partial charge in [0.1, 0.15) is 0 Å². The van der Waals surface area contributed by atoms with E-state index in [1.807, 2.05) is 0 Å². The molecule has 2 nitrogen and oxygen atoms in total. The molecule has 1 aromatic carbocycles. The maximum Gasteiger partial charge on any atom is 1.00 e. The van der Waals surface area contributed by atoms with E-state index in [4.69, 9.17) is 23.2 Å². The Morgan fingerprint density at radius 1 is 1.25 bits per heavy atom. The van der Waals surface area contributed by atoms with Crippen molar-refractivity contribution in [3.05, 3.63) is 33.8 Å². The fourth-order valence-electron chi connectivity index (χ4n) is 0.623. The summed E-state index contributed by atoms with van der Waals surface area (Å²) in [5.74, 6) is -1.26. The molecule has 0 aliphatic carbocycles. The molecule has 0 spiro atoms. The Balaban J connectivity index is 0.00000121. The Morgan fingerprint density at radius 2 is 1.83 bits per heavy atom. The standard InChI is InChI=1S/C7H4Cl2O2.Na/c8-5-2-1-4(7(10)11)3-6(5)9;/h1-3H,(H,10,11);/q;+1/p-1. The molecule has 0 atom stereocenters. The van der Waals surface area contributed by atoms with Crippen molar-refractivity contribution in [2.24, 2.45) is 0 Å². The molecule has 0 amide bonds. The topological polar surface area (TPSA) is 40.1 Å². The van der Waals surface area contributed by atoms with E-state index < -0.39 is 5.97 Å². The maximum atomic E-state index is 10.3. The van der Waals surface area contributed by atoms with E-state index in [-0.39, 0.29) is 40.1 Å². The van der Waals surface area contributed by atoms with Gasteiger partial charge < -0.3 is 9.90 Å². The Hall–Kier alpha value is 0.270. The van der Waals surface area contributed by atoms with Gasteiger partial charge >= 0.3 is 29.6 Å². The fraction of sp³-hybridized carbons (Fsp3) is 0. The number of hydrogen-bond donors (Lipinski definition) is 0. The van der Waals surface area contributed by atoms with E-state index in [0.717, 1.165) is 0 Å². The maximum absolute atomic E-state index is 10.3. The average Bonchev–Trinajstić information content (AvgIpc) is 1.94. The van der Waals surface area contributed by atoms with Crippen LogP contribution in [0.5, 0.6) is 0 Å². The Bertz CT molecular complexity index is 301. The van der Waals surface area contributed by atoms with Gasteiger partial charge in [-0.2, -0.15) is 0 Å². The summed E-state index contributed by atoms with van der Waals surface area (Å²) >= 11 is 11.1. The van der Waals surface area contributed by atoms with Crippen LogP contribution in [0.1, 0.15) is 10.4 Å². The molecule has 0 unspecified atom stereocenters. The van der Waals surface area contributed by atoms with Crippen molar-refractivity contribution in [1.29, 1.82) is 0 Å². The summed E-state index contributed by atoms with van der Waals surface area (Å²) in [5, 5.41) is 10.8. The van der Waals surface area contributed by atoms with Gasteiger partial charge in [-0.1, -0.05) is 29.3 Å². The molecule has 0 bridgehead atoms. The van der Waals surface area contributed by atoms with Gasteiger partial charge in [0.05, 0.1) is 16.0 Å². The monoisotopic (exact) mass is 212 g/mol. The third kappa shape index (κ3) is 2.96. The van der Waals surface area contributed by atoms with Crippen LogP contribution in [-0.2, 0) is 0 Å². The molecule has 0 aromatic heterocycles. The minimum atomic E-state index is -1.26. The zero-order chi connectivity index (χ0) is 8.43. The Morgan fingerprint density at radius 3 is 2.25 bits per heavy atom. The van der Waals surface area contributed by atoms with Crippen LogP contribution in [0.15, 0.2) is 18.2 Å². The number of aromatic carboxylic acids is 1. The zero-order valence-electron chi connectivity index (χ0n) is 6.30. The number of carboxylic acid groups (broad SMARTS) is 1. The molecule has 1 aromatic rings. The molecule has 0 N–H and O–H groups in total. The quantitative estimate of drug-likeness (QED) is 0.525. The number of benzene rings is 1. The summed E-state index contributed by atoms with van der Waals surface area (Å²) in [5.41, 5.74) is 0.0272. The third-order valence-corrected chi connectivity index (χ3v) is 1.89. The molecule has 0 heterocycles. The molecule has 1 rings (SSSR count). The van der Waals surface area contributed by atoms with E-state index in [1.165, 1.54) is 18.2 Å². The average molecular weight is 213 g/mol. The molecule has 58 valence electrons. The van der Waals surface area contributed by atoms with Gasteiger partial charge in [0.2, 0.25) is 0 Å². The summed E-state index contributed by atoms with van der Waals surface area (Å²) in [7, 11) is 0. The number of carbonyl (C=O) groups excluding carboxylic acids is 1. The molecular weight excluding hydrogens is 210 g/mol. The smallest absolute Gasteiger partial charge is 0.545 e. The van der Waals surface area contributed by atoms with Gasteiger partial charge in [0.25, 0.3) is 0 Å². The van der Waals surface area contributed by atoms with Crippen molar-refractivity contribution in [2.75, 3.05) is 0 Å². The number of carbonyl (C=O) groups is 1. The van der Waals surface area contributed by atoms with Gasteiger partial charge in [-0.15, -0.1) is 0 Å². The molecule has 12 heavy (non-hydrogen) atoms. The summed E-state index contributed by atoms with van der Waals surface area (Å²) < 4.78 is 0. The van der Waals surface area contributed by atoms with Crippen LogP contribution < -0.4 is 34.7 Å². The normalized spacial score (nSPS) is 8.83. The largest absolute Gasteiger partial charge is 1.00 e. The van der Waals surface area contributed by atoms with Gasteiger partial charge in [-0.25, -0.2) is 0 Å². The number of hydrogen-bond acceptors (Lipinski definition) is 2. The first-order chi connectivity index (χ1) is 5.11. The van der Waals surface area contributed by atoms with Crippen LogP contribution in [0.2, 0.25) is 10.0 Å². The van der Waals surface area contributed by atoms with Crippen LogP contribution in [0, 0.1) is 0 Å². The van der Waals surface area contributed by atoms with E-state index in [9.17, 15) is 9.90 Å². The van der Waals surface area contributed by atoms with E-state index in [2.05, 4.69) is 0 Å². The van der Waals surface area contributed by atoms with E-state index >= 15 is 0 Å². The van der Waals surface area contributed by atoms with Gasteiger partial charge in [0, 0.05) is 0 Å². The van der Waals surface area contributed by atoms with Crippen LogP contribution in [0.3, 0.4) is 0 Å². The van der Waals surface area contributed by atoms with Gasteiger partial charge in [-0.3, -0.25) is 0 Å². The first kappa shape index (κ1) is 12.3. The van der Waals surface area contributed by atoms with E-state index in [1.54, 1.807) is 0 Å². The van der Waals surface area contributed by atoms with Crippen LogP contribution in [0.4, 0.5) is 0 Å². The summed E-state index contributed by atoms with van der Waals surface area (Å²) in [6, 6.07) is 4.00. The molecule has 0 aliphatic rings. The molecule has 0 fully saturated rings. The molecule has 0 saturated heterocycles. The zero-order valence-corrected chi connectivity index (χ0v) is 9.82. The number of carboxylic acids is 1. The number of rotatable bonds is 1. The number of halogens is 2. The van der Waals surface area contributed by atoms with Crippen LogP contribution in [0.25, 0.3) is 0 Å². The van der Waals surface area contributed by atoms with Crippen molar-refractivity contribution in [3.63, 3.8) is 0 Å². The van der Waals surface area contributed by atoms with Crippen LogP contribution >= 0.6 is 23.2 Å². The van der Waals surface area contributed by atoms with Crippen molar-refractivity contribution in [3.8, 4) is 0 Å². The Kier molecular flexibility index (Phi) is 5.21. The molecule has 5 heteroatoms. The van der Waals surface area contributed by atoms with E-state index in [0.29, 0.717) is 5.02 Å². The van der Waals surface area contributed by atoms with Crippen molar-refractivity contribution >= 4 is 29.2 Å². The minimum Gasteiger partial charge on any atom is -0.545 e.